The zero-order chi connectivity index (χ0) is 22.5. The van der Waals surface area contributed by atoms with Crippen molar-refractivity contribution in [2.45, 2.75) is 20.4 Å². The SMILES string of the molecule is CCN1CCN(C(=O)N(Cc2ccc(C(=O)NN)cc2F)c2ccc(C)c(Cl)c2)CC1. The Morgan fingerprint density at radius 1 is 1.16 bits per heavy atom. The maximum Gasteiger partial charge on any atom is 0.324 e. The Morgan fingerprint density at radius 2 is 1.87 bits per heavy atom. The van der Waals surface area contributed by atoms with Gasteiger partial charge in [0, 0.05) is 48.0 Å². The number of aryl methyl sites for hydroxylation is 1. The summed E-state index contributed by atoms with van der Waals surface area (Å²) in [6, 6.07) is 9.22. The quantitative estimate of drug-likeness (QED) is 0.419. The molecule has 31 heavy (non-hydrogen) atoms. The summed E-state index contributed by atoms with van der Waals surface area (Å²) in [5, 5.41) is 0.529. The molecule has 0 bridgehead atoms. The monoisotopic (exact) mass is 447 g/mol. The molecule has 1 fully saturated rings. The van der Waals surface area contributed by atoms with Gasteiger partial charge in [-0.05, 0) is 43.3 Å². The molecule has 1 aliphatic rings. The van der Waals surface area contributed by atoms with E-state index in [0.29, 0.717) is 23.8 Å². The van der Waals surface area contributed by atoms with Gasteiger partial charge in [-0.1, -0.05) is 30.7 Å². The van der Waals surface area contributed by atoms with Crippen molar-refractivity contribution in [3.8, 4) is 0 Å². The summed E-state index contributed by atoms with van der Waals surface area (Å²) in [6.45, 7) is 7.69. The minimum absolute atomic E-state index is 0.00255. The first-order chi connectivity index (χ1) is 14.8. The van der Waals surface area contributed by atoms with E-state index in [1.165, 1.54) is 17.0 Å². The van der Waals surface area contributed by atoms with Gasteiger partial charge in [0.05, 0.1) is 6.54 Å². The Morgan fingerprint density at radius 3 is 2.45 bits per heavy atom. The number of halogens is 2. The molecule has 1 aliphatic heterocycles. The van der Waals surface area contributed by atoms with E-state index in [1.807, 2.05) is 18.4 Å². The number of hydrogen-bond donors (Lipinski definition) is 2. The van der Waals surface area contributed by atoms with Crippen LogP contribution in [0.3, 0.4) is 0 Å². The number of benzene rings is 2. The summed E-state index contributed by atoms with van der Waals surface area (Å²) < 4.78 is 14.8. The molecule has 7 nitrogen and oxygen atoms in total. The van der Waals surface area contributed by atoms with Crippen molar-refractivity contribution in [3.05, 3.63) is 63.9 Å². The lowest BCUT2D eigenvalue weighted by Crippen LogP contribution is -2.52. The fourth-order valence-corrected chi connectivity index (χ4v) is 3.69. The summed E-state index contributed by atoms with van der Waals surface area (Å²) in [5.41, 5.74) is 3.84. The molecular formula is C22H27ClFN5O2. The predicted octanol–water partition coefficient (Wildman–Crippen LogP) is 3.16. The average molecular weight is 448 g/mol. The van der Waals surface area contributed by atoms with Crippen LogP contribution in [0.25, 0.3) is 0 Å². The molecular weight excluding hydrogens is 421 g/mol. The predicted molar refractivity (Wildman–Crippen MR) is 120 cm³/mol. The Labute approximate surface area is 186 Å². The third-order valence-electron chi connectivity index (χ3n) is 5.56. The Kier molecular flexibility index (Phi) is 7.48. The van der Waals surface area contributed by atoms with Gasteiger partial charge >= 0.3 is 6.03 Å². The van der Waals surface area contributed by atoms with Gasteiger partial charge in [-0.25, -0.2) is 15.0 Å². The van der Waals surface area contributed by atoms with Crippen LogP contribution in [-0.4, -0.2) is 54.5 Å². The fraction of sp³-hybridized carbons (Fsp3) is 0.364. The Bertz CT molecular complexity index is 963. The molecule has 1 heterocycles. The second-order valence-corrected chi connectivity index (χ2v) is 7.91. The number of nitrogen functional groups attached to an aromatic ring is 1. The zero-order valence-electron chi connectivity index (χ0n) is 17.7. The minimum Gasteiger partial charge on any atom is -0.322 e. The number of hydrogen-bond acceptors (Lipinski definition) is 4. The zero-order valence-corrected chi connectivity index (χ0v) is 18.5. The Hall–Kier alpha value is -2.68. The van der Waals surface area contributed by atoms with Crippen LogP contribution in [0, 0.1) is 12.7 Å². The number of carbonyl (C=O) groups is 2. The summed E-state index contributed by atoms with van der Waals surface area (Å²) in [6.07, 6.45) is 0. The molecule has 0 saturated carbocycles. The number of anilines is 1. The van der Waals surface area contributed by atoms with Crippen LogP contribution in [0.5, 0.6) is 0 Å². The molecule has 0 radical (unpaired) electrons. The van der Waals surface area contributed by atoms with Gasteiger partial charge < -0.3 is 9.80 Å². The van der Waals surface area contributed by atoms with Crippen LogP contribution in [0.2, 0.25) is 5.02 Å². The molecule has 1 saturated heterocycles. The molecule has 2 aromatic rings. The fourth-order valence-electron chi connectivity index (χ4n) is 3.52. The normalized spacial score (nSPS) is 14.4. The van der Waals surface area contributed by atoms with Crippen LogP contribution in [0.1, 0.15) is 28.4 Å². The van der Waals surface area contributed by atoms with Crippen molar-refractivity contribution in [2.24, 2.45) is 5.84 Å². The third-order valence-corrected chi connectivity index (χ3v) is 5.97. The minimum atomic E-state index is -0.590. The van der Waals surface area contributed by atoms with Gasteiger partial charge in [0.15, 0.2) is 0 Å². The number of carbonyl (C=O) groups excluding carboxylic acids is 2. The molecule has 0 aliphatic carbocycles. The van der Waals surface area contributed by atoms with Crippen LogP contribution in [0.4, 0.5) is 14.9 Å². The van der Waals surface area contributed by atoms with E-state index in [4.69, 9.17) is 17.4 Å². The number of nitrogens with zero attached hydrogens (tertiary/aromatic N) is 3. The summed E-state index contributed by atoms with van der Waals surface area (Å²) in [7, 11) is 0. The lowest BCUT2D eigenvalue weighted by molar-refractivity contribution is 0.0953. The molecule has 9 heteroatoms. The van der Waals surface area contributed by atoms with Crippen LogP contribution in [-0.2, 0) is 6.54 Å². The van der Waals surface area contributed by atoms with Crippen LogP contribution in [0.15, 0.2) is 36.4 Å². The average Bonchev–Trinajstić information content (AvgIpc) is 2.79. The summed E-state index contributed by atoms with van der Waals surface area (Å²) in [5.74, 6) is 3.95. The lowest BCUT2D eigenvalue weighted by Gasteiger charge is -2.37. The van der Waals surface area contributed by atoms with Crippen molar-refractivity contribution in [1.29, 1.82) is 0 Å². The van der Waals surface area contributed by atoms with Crippen molar-refractivity contribution in [3.63, 3.8) is 0 Å². The van der Waals surface area contributed by atoms with Gasteiger partial charge in [-0.2, -0.15) is 0 Å². The van der Waals surface area contributed by atoms with E-state index in [1.54, 1.807) is 17.0 Å². The number of nitrogens with two attached hydrogens (primary N) is 1. The number of nitrogens with one attached hydrogen (secondary N) is 1. The number of piperazine rings is 1. The van der Waals surface area contributed by atoms with Gasteiger partial charge in [-0.15, -0.1) is 0 Å². The number of urea groups is 1. The molecule has 3 N–H and O–H groups in total. The smallest absolute Gasteiger partial charge is 0.322 e. The van der Waals surface area contributed by atoms with Crippen LogP contribution >= 0.6 is 11.6 Å². The lowest BCUT2D eigenvalue weighted by atomic mass is 10.1. The largest absolute Gasteiger partial charge is 0.324 e. The standard InChI is InChI=1S/C22H27ClFN5O2/c1-3-27-8-10-28(11-9-27)22(31)29(18-7-4-15(2)19(23)13-18)14-17-6-5-16(12-20(17)24)21(30)26-25/h4-7,12-13H,3,8-11,14,25H2,1-2H3,(H,26,30). The molecule has 0 aromatic heterocycles. The highest BCUT2D eigenvalue weighted by Gasteiger charge is 2.27. The number of amides is 3. The van der Waals surface area contributed by atoms with E-state index in [-0.39, 0.29) is 23.7 Å². The molecule has 166 valence electrons. The van der Waals surface area contributed by atoms with Crippen molar-refractivity contribution in [2.75, 3.05) is 37.6 Å². The second kappa shape index (κ2) is 10.1. The third kappa shape index (κ3) is 5.33. The van der Waals surface area contributed by atoms with Crippen LogP contribution < -0.4 is 16.2 Å². The first kappa shape index (κ1) is 23.0. The molecule has 2 aromatic carbocycles. The number of rotatable bonds is 5. The highest BCUT2D eigenvalue weighted by atomic mass is 35.5. The molecule has 3 amide bonds. The van der Waals surface area contributed by atoms with E-state index in [9.17, 15) is 14.0 Å². The second-order valence-electron chi connectivity index (χ2n) is 7.50. The first-order valence-electron chi connectivity index (χ1n) is 10.2. The Balaban J connectivity index is 1.90. The summed E-state index contributed by atoms with van der Waals surface area (Å²) in [4.78, 5) is 30.6. The number of hydrazine groups is 1. The van der Waals surface area contributed by atoms with Gasteiger partial charge in [0.2, 0.25) is 0 Å². The van der Waals surface area contributed by atoms with Gasteiger partial charge in [0.1, 0.15) is 5.82 Å². The molecule has 0 unspecified atom stereocenters. The maximum atomic E-state index is 14.8. The van der Waals surface area contributed by atoms with E-state index in [2.05, 4.69) is 11.8 Å². The van der Waals surface area contributed by atoms with Gasteiger partial charge in [0.25, 0.3) is 5.91 Å². The van der Waals surface area contributed by atoms with Crippen molar-refractivity contribution < 1.29 is 14.0 Å². The molecule has 3 rings (SSSR count). The van der Waals surface area contributed by atoms with Gasteiger partial charge in [-0.3, -0.25) is 15.1 Å². The first-order valence-corrected chi connectivity index (χ1v) is 10.6. The summed E-state index contributed by atoms with van der Waals surface area (Å²) >= 11 is 6.30. The van der Waals surface area contributed by atoms with E-state index < -0.39 is 11.7 Å². The topological polar surface area (TPSA) is 81.9 Å². The maximum absolute atomic E-state index is 14.8. The number of likely N-dealkylation sites (N-methyl/N-ethyl adjacent to an activating group) is 1. The van der Waals surface area contributed by atoms with E-state index >= 15 is 0 Å². The van der Waals surface area contributed by atoms with Crippen molar-refractivity contribution >= 4 is 29.2 Å². The molecule has 0 spiro atoms. The highest BCUT2D eigenvalue weighted by molar-refractivity contribution is 6.31. The van der Waals surface area contributed by atoms with E-state index in [0.717, 1.165) is 31.3 Å². The molecule has 0 atom stereocenters. The highest BCUT2D eigenvalue weighted by Crippen LogP contribution is 2.27. The van der Waals surface area contributed by atoms with Crippen molar-refractivity contribution in [1.82, 2.24) is 15.2 Å².